The smallest absolute Gasteiger partial charge is 0.0818 e. The van der Waals surface area contributed by atoms with Gasteiger partial charge >= 0.3 is 0 Å². The molecule has 1 aliphatic rings. The first kappa shape index (κ1) is 13.6. The van der Waals surface area contributed by atoms with Crippen molar-refractivity contribution in [3.8, 4) is 0 Å². The number of hydrogen-bond donors (Lipinski definition) is 1. The highest BCUT2D eigenvalue weighted by molar-refractivity contribution is 5.30. The van der Waals surface area contributed by atoms with Crippen LogP contribution in [0.4, 0.5) is 0 Å². The third kappa shape index (κ3) is 3.14. The second-order valence-electron chi connectivity index (χ2n) is 6.07. The summed E-state index contributed by atoms with van der Waals surface area (Å²) in [4.78, 5) is 0. The highest BCUT2D eigenvalue weighted by Crippen LogP contribution is 2.38. The van der Waals surface area contributed by atoms with Gasteiger partial charge in [-0.3, -0.25) is 0 Å². The fourth-order valence-corrected chi connectivity index (χ4v) is 3.44. The lowest BCUT2D eigenvalue weighted by atomic mass is 9.76. The topological polar surface area (TPSA) is 20.2 Å². The molecule has 1 aromatic carbocycles. The molecule has 1 aliphatic carbocycles. The van der Waals surface area contributed by atoms with Gasteiger partial charge in [0.15, 0.2) is 0 Å². The Bertz CT molecular complexity index is 376. The Morgan fingerprint density at radius 2 is 1.83 bits per heavy atom. The van der Waals surface area contributed by atoms with Crippen LogP contribution in [0.25, 0.3) is 0 Å². The quantitative estimate of drug-likeness (QED) is 0.829. The maximum atomic E-state index is 10.6. The van der Waals surface area contributed by atoms with E-state index in [2.05, 4.69) is 39.0 Å². The molecular weight excluding hydrogens is 220 g/mol. The molecule has 0 saturated heterocycles. The number of aliphatic hydroxyl groups excluding tert-OH is 1. The molecule has 0 spiro atoms. The number of aliphatic hydroxyl groups is 1. The first-order valence-corrected chi connectivity index (χ1v) is 7.36. The van der Waals surface area contributed by atoms with Crippen molar-refractivity contribution in [2.24, 2.45) is 11.8 Å². The normalized spacial score (nSPS) is 26.0. The van der Waals surface area contributed by atoms with Crippen LogP contribution in [-0.4, -0.2) is 5.11 Å². The SMILES string of the molecule is CCC1CCCC(C(O)c2cc(C)cc(C)c2)C1. The van der Waals surface area contributed by atoms with E-state index in [-0.39, 0.29) is 6.10 Å². The van der Waals surface area contributed by atoms with E-state index in [1.165, 1.54) is 43.2 Å². The molecule has 0 bridgehead atoms. The molecule has 3 unspecified atom stereocenters. The highest BCUT2D eigenvalue weighted by atomic mass is 16.3. The van der Waals surface area contributed by atoms with Crippen molar-refractivity contribution in [1.29, 1.82) is 0 Å². The molecule has 0 heterocycles. The summed E-state index contributed by atoms with van der Waals surface area (Å²) < 4.78 is 0. The van der Waals surface area contributed by atoms with Gasteiger partial charge in [-0.25, -0.2) is 0 Å². The summed E-state index contributed by atoms with van der Waals surface area (Å²) >= 11 is 0. The molecule has 0 radical (unpaired) electrons. The van der Waals surface area contributed by atoms with Crippen molar-refractivity contribution in [2.75, 3.05) is 0 Å². The van der Waals surface area contributed by atoms with Crippen molar-refractivity contribution >= 4 is 0 Å². The minimum atomic E-state index is -0.266. The number of aryl methyl sites for hydroxylation is 2. The van der Waals surface area contributed by atoms with Gasteiger partial charge in [-0.15, -0.1) is 0 Å². The number of benzene rings is 1. The molecule has 0 aromatic heterocycles. The summed E-state index contributed by atoms with van der Waals surface area (Å²) in [5, 5.41) is 10.6. The van der Waals surface area contributed by atoms with E-state index in [0.717, 1.165) is 11.5 Å². The van der Waals surface area contributed by atoms with Gasteiger partial charge in [0.05, 0.1) is 6.10 Å². The van der Waals surface area contributed by atoms with E-state index in [9.17, 15) is 5.11 Å². The Morgan fingerprint density at radius 3 is 2.44 bits per heavy atom. The maximum absolute atomic E-state index is 10.6. The fourth-order valence-electron chi connectivity index (χ4n) is 3.44. The van der Waals surface area contributed by atoms with Crippen LogP contribution in [0.3, 0.4) is 0 Å². The number of hydrogen-bond acceptors (Lipinski definition) is 1. The van der Waals surface area contributed by atoms with Gasteiger partial charge in [-0.2, -0.15) is 0 Å². The molecule has 1 N–H and O–H groups in total. The van der Waals surface area contributed by atoms with Crippen LogP contribution in [0.5, 0.6) is 0 Å². The second-order valence-corrected chi connectivity index (χ2v) is 6.07. The molecule has 1 heteroatoms. The summed E-state index contributed by atoms with van der Waals surface area (Å²) in [6.45, 7) is 6.49. The van der Waals surface area contributed by atoms with E-state index in [1.807, 2.05) is 0 Å². The van der Waals surface area contributed by atoms with E-state index in [4.69, 9.17) is 0 Å². The maximum Gasteiger partial charge on any atom is 0.0818 e. The Kier molecular flexibility index (Phi) is 4.45. The monoisotopic (exact) mass is 246 g/mol. The zero-order chi connectivity index (χ0) is 13.1. The lowest BCUT2D eigenvalue weighted by Gasteiger charge is -2.32. The molecule has 18 heavy (non-hydrogen) atoms. The Labute approximate surface area is 111 Å². The molecule has 1 saturated carbocycles. The lowest BCUT2D eigenvalue weighted by molar-refractivity contribution is 0.0677. The molecule has 1 aromatic rings. The minimum Gasteiger partial charge on any atom is -0.388 e. The van der Waals surface area contributed by atoms with Crippen LogP contribution < -0.4 is 0 Å². The summed E-state index contributed by atoms with van der Waals surface area (Å²) in [6.07, 6.45) is 6.01. The van der Waals surface area contributed by atoms with Crippen LogP contribution in [0, 0.1) is 25.7 Å². The molecule has 1 fully saturated rings. The van der Waals surface area contributed by atoms with Crippen LogP contribution in [-0.2, 0) is 0 Å². The largest absolute Gasteiger partial charge is 0.388 e. The minimum absolute atomic E-state index is 0.266. The van der Waals surface area contributed by atoms with Crippen LogP contribution in [0.15, 0.2) is 18.2 Å². The van der Waals surface area contributed by atoms with E-state index < -0.39 is 0 Å². The zero-order valence-corrected chi connectivity index (χ0v) is 11.9. The third-order valence-corrected chi connectivity index (χ3v) is 4.43. The van der Waals surface area contributed by atoms with Crippen molar-refractivity contribution in [3.63, 3.8) is 0 Å². The average molecular weight is 246 g/mol. The fraction of sp³-hybridized carbons (Fsp3) is 0.647. The number of rotatable bonds is 3. The standard InChI is InChI=1S/C17H26O/c1-4-14-6-5-7-15(11-14)17(18)16-9-12(2)8-13(3)10-16/h8-10,14-15,17-18H,4-7,11H2,1-3H3. The average Bonchev–Trinajstić information content (AvgIpc) is 2.37. The van der Waals surface area contributed by atoms with E-state index in [0.29, 0.717) is 5.92 Å². The van der Waals surface area contributed by atoms with Crippen LogP contribution in [0.1, 0.15) is 61.8 Å². The highest BCUT2D eigenvalue weighted by Gasteiger charge is 2.27. The third-order valence-electron chi connectivity index (χ3n) is 4.43. The first-order chi connectivity index (χ1) is 8.60. The van der Waals surface area contributed by atoms with Crippen LogP contribution >= 0.6 is 0 Å². The van der Waals surface area contributed by atoms with Crippen molar-refractivity contribution in [1.82, 2.24) is 0 Å². The molecule has 100 valence electrons. The van der Waals surface area contributed by atoms with Gasteiger partial charge in [0.25, 0.3) is 0 Å². The molecule has 2 rings (SSSR count). The van der Waals surface area contributed by atoms with Crippen molar-refractivity contribution in [2.45, 2.75) is 59.0 Å². The predicted octanol–water partition coefficient (Wildman–Crippen LogP) is 4.55. The Hall–Kier alpha value is -0.820. The molecular formula is C17H26O. The van der Waals surface area contributed by atoms with Crippen LogP contribution in [0.2, 0.25) is 0 Å². The van der Waals surface area contributed by atoms with Gasteiger partial charge in [-0.1, -0.05) is 55.5 Å². The molecule has 0 amide bonds. The summed E-state index contributed by atoms with van der Waals surface area (Å²) in [6, 6.07) is 6.46. The van der Waals surface area contributed by atoms with Crippen molar-refractivity contribution in [3.05, 3.63) is 34.9 Å². The van der Waals surface area contributed by atoms with Gasteiger partial charge in [0.1, 0.15) is 0 Å². The van der Waals surface area contributed by atoms with Crippen molar-refractivity contribution < 1.29 is 5.11 Å². The van der Waals surface area contributed by atoms with Gasteiger partial charge in [0, 0.05) is 0 Å². The van der Waals surface area contributed by atoms with Gasteiger partial charge in [0.2, 0.25) is 0 Å². The Balaban J connectivity index is 2.12. The molecule has 1 nitrogen and oxygen atoms in total. The van der Waals surface area contributed by atoms with Gasteiger partial charge < -0.3 is 5.11 Å². The predicted molar refractivity (Wildman–Crippen MR) is 76.6 cm³/mol. The first-order valence-electron chi connectivity index (χ1n) is 7.36. The lowest BCUT2D eigenvalue weighted by Crippen LogP contribution is -2.21. The Morgan fingerprint density at radius 1 is 1.17 bits per heavy atom. The molecule has 3 atom stereocenters. The van der Waals surface area contributed by atoms with E-state index >= 15 is 0 Å². The molecule has 0 aliphatic heterocycles. The zero-order valence-electron chi connectivity index (χ0n) is 11.9. The van der Waals surface area contributed by atoms with Gasteiger partial charge in [-0.05, 0) is 44.1 Å². The summed E-state index contributed by atoms with van der Waals surface area (Å²) in [5.74, 6) is 1.29. The summed E-state index contributed by atoms with van der Waals surface area (Å²) in [7, 11) is 0. The summed E-state index contributed by atoms with van der Waals surface area (Å²) in [5.41, 5.74) is 3.63. The second kappa shape index (κ2) is 5.88. The van der Waals surface area contributed by atoms with E-state index in [1.54, 1.807) is 0 Å².